The number of benzene rings is 1. The van der Waals surface area contributed by atoms with E-state index in [1.807, 2.05) is 19.2 Å². The zero-order chi connectivity index (χ0) is 19.8. The third-order valence-electron chi connectivity index (χ3n) is 4.99. The molecule has 0 amide bonds. The van der Waals surface area contributed by atoms with E-state index in [9.17, 15) is 4.79 Å². The van der Waals surface area contributed by atoms with Crippen molar-refractivity contribution in [1.29, 1.82) is 0 Å². The number of carbonyl (C=O) groups is 1. The first-order chi connectivity index (χ1) is 13.0. The van der Waals surface area contributed by atoms with Crippen LogP contribution in [0, 0.1) is 0 Å². The van der Waals surface area contributed by atoms with Crippen molar-refractivity contribution in [2.45, 2.75) is 19.3 Å². The average Bonchev–Trinajstić information content (AvgIpc) is 2.70. The summed E-state index contributed by atoms with van der Waals surface area (Å²) in [5, 5.41) is 0. The molecule has 0 N–H and O–H groups in total. The van der Waals surface area contributed by atoms with Crippen molar-refractivity contribution < 1.29 is 19.0 Å². The van der Waals surface area contributed by atoms with Gasteiger partial charge in [0.1, 0.15) is 23.0 Å². The molecule has 1 saturated heterocycles. The van der Waals surface area contributed by atoms with Crippen molar-refractivity contribution in [3.8, 4) is 17.2 Å². The van der Waals surface area contributed by atoms with Crippen LogP contribution in [0.15, 0.2) is 18.2 Å². The normalized spacial score (nSPS) is 18.3. The number of Topliss-reactive ketones (excluding diaryl/α,β-unsaturated/α-hetero) is 1. The zero-order valence-electron chi connectivity index (χ0n) is 17.2. The van der Waals surface area contributed by atoms with Crippen LogP contribution in [-0.2, 0) is 4.79 Å². The van der Waals surface area contributed by atoms with Crippen LogP contribution in [-0.4, -0.2) is 77.2 Å². The van der Waals surface area contributed by atoms with E-state index in [1.54, 1.807) is 21.3 Å². The summed E-state index contributed by atoms with van der Waals surface area (Å²) in [6, 6.07) is 3.80. The molecule has 1 fully saturated rings. The summed E-state index contributed by atoms with van der Waals surface area (Å²) in [4.78, 5) is 15.0. The summed E-state index contributed by atoms with van der Waals surface area (Å²) >= 11 is 0. The Labute approximate surface area is 162 Å². The molecule has 0 unspecified atom stereocenters. The van der Waals surface area contributed by atoms with E-state index in [-0.39, 0.29) is 0 Å². The van der Waals surface area contributed by atoms with Crippen molar-refractivity contribution in [2.75, 3.05) is 61.6 Å². The Morgan fingerprint density at radius 1 is 0.815 bits per heavy atom. The van der Waals surface area contributed by atoms with Crippen molar-refractivity contribution in [3.05, 3.63) is 23.8 Å². The highest BCUT2D eigenvalue weighted by atomic mass is 16.5. The Morgan fingerprint density at radius 2 is 1.37 bits per heavy atom. The van der Waals surface area contributed by atoms with Gasteiger partial charge < -0.3 is 24.0 Å². The number of hydrogen-bond donors (Lipinski definition) is 0. The van der Waals surface area contributed by atoms with Crippen LogP contribution in [0.1, 0.15) is 24.8 Å². The number of rotatable bonds is 4. The van der Waals surface area contributed by atoms with E-state index in [1.165, 1.54) is 5.57 Å². The van der Waals surface area contributed by atoms with E-state index in [4.69, 9.17) is 14.2 Å². The van der Waals surface area contributed by atoms with Gasteiger partial charge in [0.15, 0.2) is 0 Å². The fourth-order valence-corrected chi connectivity index (χ4v) is 3.19. The molecule has 0 radical (unpaired) electrons. The molecule has 0 atom stereocenters. The van der Waals surface area contributed by atoms with Gasteiger partial charge in [0, 0.05) is 51.2 Å². The molecule has 2 aliphatic heterocycles. The van der Waals surface area contributed by atoms with Crippen LogP contribution in [0.5, 0.6) is 17.2 Å². The largest absolute Gasteiger partial charge is 0.496 e. The maximum Gasteiger partial charge on any atom is 0.135 e. The predicted octanol–water partition coefficient (Wildman–Crippen LogP) is 2.71. The Bertz CT molecular complexity index is 637. The summed E-state index contributed by atoms with van der Waals surface area (Å²) in [6.07, 6.45) is 4.75. The topological polar surface area (TPSA) is 51.2 Å². The van der Waals surface area contributed by atoms with Gasteiger partial charge in [-0.3, -0.25) is 4.79 Å². The van der Waals surface area contributed by atoms with E-state index < -0.39 is 0 Å². The van der Waals surface area contributed by atoms with Crippen molar-refractivity contribution in [2.24, 2.45) is 0 Å². The molecule has 0 aliphatic carbocycles. The maximum absolute atomic E-state index is 10.6. The van der Waals surface area contributed by atoms with Crippen molar-refractivity contribution in [3.63, 3.8) is 0 Å². The quantitative estimate of drug-likeness (QED) is 0.805. The van der Waals surface area contributed by atoms with E-state index in [0.29, 0.717) is 5.78 Å². The number of carbonyl (C=O) groups excluding carboxylic acids is 1. The van der Waals surface area contributed by atoms with Gasteiger partial charge in [-0.15, -0.1) is 0 Å². The number of nitrogens with zero attached hydrogens (tertiary/aromatic N) is 2. The molecule has 1 aromatic rings. The van der Waals surface area contributed by atoms with Gasteiger partial charge in [-0.05, 0) is 26.1 Å². The van der Waals surface area contributed by atoms with Crippen molar-refractivity contribution in [1.82, 2.24) is 9.80 Å². The Balaban J connectivity index is 0.000000273. The van der Waals surface area contributed by atoms with E-state index >= 15 is 0 Å². The summed E-state index contributed by atoms with van der Waals surface area (Å²) in [6.45, 7) is 3.91. The first kappa shape index (κ1) is 21.3. The van der Waals surface area contributed by atoms with Gasteiger partial charge in [-0.2, -0.15) is 0 Å². The second-order valence-corrected chi connectivity index (χ2v) is 6.99. The van der Waals surface area contributed by atoms with Crippen LogP contribution in [0.25, 0.3) is 5.57 Å². The molecule has 1 aromatic carbocycles. The monoisotopic (exact) mass is 376 g/mol. The zero-order valence-corrected chi connectivity index (χ0v) is 17.2. The lowest BCUT2D eigenvalue weighted by Gasteiger charge is -2.24. The number of piperidine rings is 1. The van der Waals surface area contributed by atoms with Crippen LogP contribution in [0.3, 0.4) is 0 Å². The average molecular weight is 376 g/mol. The summed E-state index contributed by atoms with van der Waals surface area (Å²) in [5.74, 6) is 2.76. The van der Waals surface area contributed by atoms with Crippen LogP contribution < -0.4 is 14.2 Å². The number of likely N-dealkylation sites (tertiary alicyclic amines) is 1. The lowest BCUT2D eigenvalue weighted by molar-refractivity contribution is -0.121. The maximum atomic E-state index is 10.6. The Kier molecular flexibility index (Phi) is 8.13. The Hall–Kier alpha value is -2.05. The van der Waals surface area contributed by atoms with Gasteiger partial charge in [0.2, 0.25) is 0 Å². The third kappa shape index (κ3) is 5.97. The third-order valence-corrected chi connectivity index (χ3v) is 4.99. The molecule has 150 valence electrons. The van der Waals surface area contributed by atoms with Gasteiger partial charge in [0.25, 0.3) is 0 Å². The second-order valence-electron chi connectivity index (χ2n) is 6.99. The molecular weight excluding hydrogens is 344 g/mol. The second kappa shape index (κ2) is 10.3. The molecule has 0 bridgehead atoms. The fourth-order valence-electron chi connectivity index (χ4n) is 3.19. The Morgan fingerprint density at radius 3 is 1.78 bits per heavy atom. The molecule has 6 heteroatoms. The lowest BCUT2D eigenvalue weighted by Crippen LogP contribution is -2.29. The number of methoxy groups -OCH3 is 3. The van der Waals surface area contributed by atoms with Crippen molar-refractivity contribution >= 4 is 11.4 Å². The van der Waals surface area contributed by atoms with Gasteiger partial charge in [-0.1, -0.05) is 6.08 Å². The standard InChI is InChI=1S/C15H21NO3.C6H11NO/c1-16-7-5-11(6-8-16)15-13(18-3)9-12(17-2)10-14(15)19-4;1-7-4-2-6(8)3-5-7/h5,9-10H,6-8H2,1-4H3;2-5H2,1H3. The summed E-state index contributed by atoms with van der Waals surface area (Å²) in [5.41, 5.74) is 2.31. The number of ether oxygens (including phenoxy) is 3. The van der Waals surface area contributed by atoms with Gasteiger partial charge >= 0.3 is 0 Å². The molecule has 27 heavy (non-hydrogen) atoms. The van der Waals surface area contributed by atoms with Gasteiger partial charge in [0.05, 0.1) is 26.9 Å². The fraction of sp³-hybridized carbons (Fsp3) is 0.571. The summed E-state index contributed by atoms with van der Waals surface area (Å²) in [7, 11) is 9.16. The number of likely N-dealkylation sites (N-methyl/N-ethyl adjacent to an activating group) is 1. The number of ketones is 1. The highest BCUT2D eigenvalue weighted by molar-refractivity contribution is 5.79. The molecule has 3 rings (SSSR count). The highest BCUT2D eigenvalue weighted by Gasteiger charge is 2.19. The van der Waals surface area contributed by atoms with Crippen LogP contribution in [0.2, 0.25) is 0 Å². The minimum atomic E-state index is 0.420. The minimum absolute atomic E-state index is 0.420. The smallest absolute Gasteiger partial charge is 0.135 e. The first-order valence-corrected chi connectivity index (χ1v) is 9.36. The molecular formula is C21H32N2O4. The molecule has 2 aliphatic rings. The number of hydrogen-bond acceptors (Lipinski definition) is 6. The molecule has 0 saturated carbocycles. The van der Waals surface area contributed by atoms with Gasteiger partial charge in [-0.25, -0.2) is 0 Å². The minimum Gasteiger partial charge on any atom is -0.496 e. The predicted molar refractivity (Wildman–Crippen MR) is 108 cm³/mol. The van der Waals surface area contributed by atoms with Crippen LogP contribution in [0.4, 0.5) is 0 Å². The molecule has 2 heterocycles. The SMILES string of the molecule is CN1CCC(=O)CC1.COc1cc(OC)c(C2=CCN(C)CC2)c(OC)c1. The summed E-state index contributed by atoms with van der Waals surface area (Å²) < 4.78 is 16.3. The molecule has 6 nitrogen and oxygen atoms in total. The molecule has 0 spiro atoms. The lowest BCUT2D eigenvalue weighted by atomic mass is 9.97. The molecule has 0 aromatic heterocycles. The van der Waals surface area contributed by atoms with E-state index in [2.05, 4.69) is 22.9 Å². The van der Waals surface area contributed by atoms with Crippen LogP contribution >= 0.6 is 0 Å². The first-order valence-electron chi connectivity index (χ1n) is 9.36. The van der Waals surface area contributed by atoms with E-state index in [0.717, 1.165) is 68.3 Å². The highest BCUT2D eigenvalue weighted by Crippen LogP contribution is 2.40.